The van der Waals surface area contributed by atoms with E-state index in [0.29, 0.717) is 35.8 Å². The number of rotatable bonds is 16. The number of hydrogen-bond donors (Lipinski definition) is 0. The Labute approximate surface area is 251 Å². The molecule has 0 amide bonds. The number of cyclic esters (lactones) is 1. The van der Waals surface area contributed by atoms with Crippen LogP contribution in [0.1, 0.15) is 94.3 Å². The Hall–Kier alpha value is -3.74. The molecule has 42 heavy (non-hydrogen) atoms. The molecule has 0 atom stereocenters. The molecule has 4 rings (SSSR count). The van der Waals surface area contributed by atoms with Gasteiger partial charge in [0.05, 0.1) is 18.8 Å². The number of esters is 1. The van der Waals surface area contributed by atoms with E-state index in [0.717, 1.165) is 74.4 Å². The van der Waals surface area contributed by atoms with Crippen molar-refractivity contribution in [1.82, 2.24) is 4.98 Å². The number of unbranched alkanes of at least 4 members (excludes halogenated alkanes) is 2. The van der Waals surface area contributed by atoms with Gasteiger partial charge in [-0.15, -0.1) is 0 Å². The number of anilines is 2. The van der Waals surface area contributed by atoms with Crippen LogP contribution in [0.4, 0.5) is 11.4 Å². The quantitative estimate of drug-likeness (QED) is 0.129. The minimum absolute atomic E-state index is 0.382. The maximum atomic E-state index is 13.6. The largest absolute Gasteiger partial charge is 0.493 e. The van der Waals surface area contributed by atoms with Gasteiger partial charge in [0.25, 0.3) is 0 Å². The fourth-order valence-electron chi connectivity index (χ4n) is 5.71. The van der Waals surface area contributed by atoms with Gasteiger partial charge in [-0.05, 0) is 70.9 Å². The number of aromatic nitrogens is 1. The van der Waals surface area contributed by atoms with Crippen molar-refractivity contribution in [3.63, 3.8) is 0 Å². The van der Waals surface area contributed by atoms with Crippen LogP contribution in [0.2, 0.25) is 0 Å². The third kappa shape index (κ3) is 6.06. The summed E-state index contributed by atoms with van der Waals surface area (Å²) in [7, 11) is 0. The van der Waals surface area contributed by atoms with Crippen LogP contribution >= 0.6 is 0 Å². The Balaban J connectivity index is 2.02. The molecular weight excluding hydrogens is 526 g/mol. The van der Waals surface area contributed by atoms with Gasteiger partial charge in [0, 0.05) is 78.8 Å². The predicted molar refractivity (Wildman–Crippen MR) is 170 cm³/mol. The van der Waals surface area contributed by atoms with Gasteiger partial charge in [-0.3, -0.25) is 4.98 Å². The Morgan fingerprint density at radius 2 is 1.21 bits per heavy atom. The molecule has 3 aromatic rings. The Morgan fingerprint density at radius 3 is 1.67 bits per heavy atom. The molecule has 0 fully saturated rings. The summed E-state index contributed by atoms with van der Waals surface area (Å²) < 4.78 is 19.6. The second kappa shape index (κ2) is 14.4. The fraction of sp³-hybridized carbons (Fsp3) is 0.486. The van der Waals surface area contributed by atoms with Gasteiger partial charge >= 0.3 is 5.97 Å². The average molecular weight is 574 g/mol. The number of pyridine rings is 1. The van der Waals surface area contributed by atoms with E-state index >= 15 is 0 Å². The summed E-state index contributed by atoms with van der Waals surface area (Å²) in [4.78, 5) is 22.6. The van der Waals surface area contributed by atoms with Crippen LogP contribution in [0.5, 0.6) is 11.5 Å². The molecule has 7 heteroatoms. The van der Waals surface area contributed by atoms with Crippen LogP contribution in [-0.4, -0.2) is 50.3 Å². The van der Waals surface area contributed by atoms with Crippen molar-refractivity contribution < 1.29 is 19.0 Å². The van der Waals surface area contributed by atoms with Crippen molar-refractivity contribution >= 4 is 17.3 Å². The summed E-state index contributed by atoms with van der Waals surface area (Å²) in [5.41, 5.74) is 3.59. The zero-order valence-corrected chi connectivity index (χ0v) is 26.2. The number of fused-ring (bicyclic) bond motifs is 1. The van der Waals surface area contributed by atoms with Gasteiger partial charge in [0.15, 0.2) is 5.60 Å². The zero-order chi connectivity index (χ0) is 30.1. The molecule has 0 unspecified atom stereocenters. The predicted octanol–water partition coefficient (Wildman–Crippen LogP) is 7.59. The standard InChI is InChI=1S/C35H47N3O4/c1-7-13-21-40-32-23-26(37(9-3)10-4)15-17-29(32)35(31-25-36-20-19-28(31)34(39)42-35)30-18-16-27(38(11-5)12-6)24-33(30)41-22-14-8-2/h15-20,23-25H,7-14,21-22H2,1-6H3. The molecule has 0 radical (unpaired) electrons. The van der Waals surface area contributed by atoms with E-state index in [4.69, 9.17) is 14.2 Å². The van der Waals surface area contributed by atoms with Gasteiger partial charge < -0.3 is 24.0 Å². The topological polar surface area (TPSA) is 64.1 Å². The molecule has 226 valence electrons. The van der Waals surface area contributed by atoms with Crippen LogP contribution in [0.3, 0.4) is 0 Å². The molecule has 0 saturated heterocycles. The number of nitrogens with zero attached hydrogens (tertiary/aromatic N) is 3. The van der Waals surface area contributed by atoms with E-state index in [2.05, 4.69) is 92.7 Å². The van der Waals surface area contributed by atoms with Crippen LogP contribution in [0, 0.1) is 0 Å². The number of carbonyl (C=O) groups excluding carboxylic acids is 1. The molecule has 2 heterocycles. The first-order chi connectivity index (χ1) is 20.5. The van der Waals surface area contributed by atoms with Gasteiger partial charge in [-0.2, -0.15) is 0 Å². The monoisotopic (exact) mass is 573 g/mol. The Kier molecular flexibility index (Phi) is 10.7. The molecule has 7 nitrogen and oxygen atoms in total. The van der Waals surface area contributed by atoms with Crippen molar-refractivity contribution in [2.45, 2.75) is 72.8 Å². The Morgan fingerprint density at radius 1 is 0.714 bits per heavy atom. The molecule has 0 bridgehead atoms. The van der Waals surface area contributed by atoms with Gasteiger partial charge in [0.1, 0.15) is 11.5 Å². The molecule has 1 aliphatic rings. The number of benzene rings is 2. The highest BCUT2D eigenvalue weighted by Crippen LogP contribution is 2.53. The van der Waals surface area contributed by atoms with E-state index < -0.39 is 5.60 Å². The lowest BCUT2D eigenvalue weighted by atomic mass is 9.79. The third-order valence-electron chi connectivity index (χ3n) is 8.12. The van der Waals surface area contributed by atoms with E-state index in [1.54, 1.807) is 18.5 Å². The number of ether oxygens (including phenoxy) is 3. The highest BCUT2D eigenvalue weighted by molar-refractivity contribution is 5.96. The minimum atomic E-state index is -1.28. The molecule has 0 N–H and O–H groups in total. The highest BCUT2D eigenvalue weighted by Gasteiger charge is 2.52. The van der Waals surface area contributed by atoms with Crippen LogP contribution in [0.25, 0.3) is 0 Å². The Bertz CT molecular complexity index is 1260. The summed E-state index contributed by atoms with van der Waals surface area (Å²) in [5.74, 6) is 1.02. The van der Waals surface area contributed by atoms with Crippen LogP contribution in [0.15, 0.2) is 54.9 Å². The maximum Gasteiger partial charge on any atom is 0.340 e. The second-order valence-electron chi connectivity index (χ2n) is 10.6. The van der Waals surface area contributed by atoms with Crippen molar-refractivity contribution in [1.29, 1.82) is 0 Å². The summed E-state index contributed by atoms with van der Waals surface area (Å²) in [5, 5.41) is 0. The maximum absolute atomic E-state index is 13.6. The van der Waals surface area contributed by atoms with E-state index in [-0.39, 0.29) is 5.97 Å². The minimum Gasteiger partial charge on any atom is -0.493 e. The summed E-state index contributed by atoms with van der Waals surface area (Å²) >= 11 is 0. The number of carbonyl (C=O) groups is 1. The van der Waals surface area contributed by atoms with Crippen LogP contribution < -0.4 is 19.3 Å². The van der Waals surface area contributed by atoms with E-state index in [9.17, 15) is 4.79 Å². The molecule has 2 aromatic carbocycles. The normalized spacial score (nSPS) is 13.4. The molecule has 0 aliphatic carbocycles. The van der Waals surface area contributed by atoms with Crippen molar-refractivity contribution in [3.05, 3.63) is 77.1 Å². The lowest BCUT2D eigenvalue weighted by Gasteiger charge is -2.34. The summed E-state index contributed by atoms with van der Waals surface area (Å²) in [6.45, 7) is 17.5. The summed E-state index contributed by atoms with van der Waals surface area (Å²) in [6.07, 6.45) is 7.26. The number of hydrogen-bond acceptors (Lipinski definition) is 7. The second-order valence-corrected chi connectivity index (χ2v) is 10.6. The first-order valence-corrected chi connectivity index (χ1v) is 15.7. The van der Waals surface area contributed by atoms with Crippen LogP contribution in [-0.2, 0) is 10.3 Å². The smallest absolute Gasteiger partial charge is 0.340 e. The van der Waals surface area contributed by atoms with E-state index in [1.807, 2.05) is 0 Å². The highest BCUT2D eigenvalue weighted by atomic mass is 16.6. The fourth-order valence-corrected chi connectivity index (χ4v) is 5.71. The molecule has 0 spiro atoms. The van der Waals surface area contributed by atoms with Crippen molar-refractivity contribution in [2.75, 3.05) is 49.2 Å². The van der Waals surface area contributed by atoms with Crippen molar-refractivity contribution in [2.24, 2.45) is 0 Å². The third-order valence-corrected chi connectivity index (χ3v) is 8.12. The first-order valence-electron chi connectivity index (χ1n) is 15.7. The zero-order valence-electron chi connectivity index (χ0n) is 26.2. The lowest BCUT2D eigenvalue weighted by molar-refractivity contribution is 0.0235. The molecule has 1 aliphatic heterocycles. The summed E-state index contributed by atoms with van der Waals surface area (Å²) in [6, 6.07) is 14.2. The lowest BCUT2D eigenvalue weighted by Crippen LogP contribution is -2.32. The average Bonchev–Trinajstić information content (AvgIpc) is 3.31. The van der Waals surface area contributed by atoms with Gasteiger partial charge in [0.2, 0.25) is 0 Å². The molecule has 0 saturated carbocycles. The van der Waals surface area contributed by atoms with Crippen molar-refractivity contribution in [3.8, 4) is 11.5 Å². The SMILES string of the molecule is CCCCOc1cc(N(CC)CC)ccc1C1(c2ccc(N(CC)CC)cc2OCCCC)OC(=O)c2ccncc21. The molecule has 1 aromatic heterocycles. The van der Waals surface area contributed by atoms with Gasteiger partial charge in [-0.1, -0.05) is 26.7 Å². The van der Waals surface area contributed by atoms with Gasteiger partial charge in [-0.25, -0.2) is 4.79 Å². The van der Waals surface area contributed by atoms with E-state index in [1.165, 1.54) is 0 Å². The molecular formula is C35H47N3O4. The first kappa shape index (κ1) is 31.2.